The number of carbonyl (C=O) groups excluding carboxylic acids is 1. The van der Waals surface area contributed by atoms with Crippen molar-refractivity contribution < 1.29 is 9.90 Å². The predicted molar refractivity (Wildman–Crippen MR) is 68.2 cm³/mol. The maximum atomic E-state index is 11.2. The van der Waals surface area contributed by atoms with E-state index in [4.69, 9.17) is 0 Å². The van der Waals surface area contributed by atoms with Gasteiger partial charge in [0.15, 0.2) is 0 Å². The van der Waals surface area contributed by atoms with Crippen LogP contribution in [0.1, 0.15) is 25.8 Å². The van der Waals surface area contributed by atoms with E-state index in [0.717, 1.165) is 23.4 Å². The second kappa shape index (κ2) is 4.37. The van der Waals surface area contributed by atoms with Crippen LogP contribution in [0.4, 0.5) is 11.4 Å². The van der Waals surface area contributed by atoms with Crippen molar-refractivity contribution >= 4 is 17.3 Å². The molecule has 17 heavy (non-hydrogen) atoms. The summed E-state index contributed by atoms with van der Waals surface area (Å²) in [5.41, 5.74) is 2.67. The normalized spacial score (nSPS) is 15.1. The van der Waals surface area contributed by atoms with E-state index in [1.807, 2.05) is 32.0 Å². The molecule has 0 radical (unpaired) electrons. The topological polar surface area (TPSA) is 61.4 Å². The summed E-state index contributed by atoms with van der Waals surface area (Å²) in [6.07, 6.45) is 1.32. The van der Waals surface area contributed by atoms with Crippen LogP contribution < -0.4 is 10.6 Å². The number of aryl methyl sites for hydroxylation is 1. The molecule has 4 heteroatoms. The Labute approximate surface area is 101 Å². The second-order valence-corrected chi connectivity index (χ2v) is 5.09. The van der Waals surface area contributed by atoms with Gasteiger partial charge in [-0.15, -0.1) is 0 Å². The first kappa shape index (κ1) is 11.9. The van der Waals surface area contributed by atoms with Crippen molar-refractivity contribution in [1.82, 2.24) is 0 Å². The zero-order chi connectivity index (χ0) is 12.5. The van der Waals surface area contributed by atoms with Crippen molar-refractivity contribution in [3.8, 4) is 0 Å². The zero-order valence-corrected chi connectivity index (χ0v) is 10.2. The first-order valence-corrected chi connectivity index (χ1v) is 5.82. The van der Waals surface area contributed by atoms with Crippen molar-refractivity contribution in [2.45, 2.75) is 32.2 Å². The average Bonchev–Trinajstić information content (AvgIpc) is 2.29. The largest absolute Gasteiger partial charge is 0.394 e. The van der Waals surface area contributed by atoms with E-state index in [1.165, 1.54) is 0 Å². The highest BCUT2D eigenvalue weighted by Crippen LogP contribution is 2.26. The van der Waals surface area contributed by atoms with E-state index in [-0.39, 0.29) is 18.1 Å². The van der Waals surface area contributed by atoms with Crippen LogP contribution in [0.2, 0.25) is 0 Å². The van der Waals surface area contributed by atoms with Gasteiger partial charge in [0, 0.05) is 17.8 Å². The van der Waals surface area contributed by atoms with E-state index in [0.29, 0.717) is 6.42 Å². The number of amides is 1. The number of anilines is 2. The molecule has 0 saturated heterocycles. The van der Waals surface area contributed by atoms with Crippen molar-refractivity contribution in [1.29, 1.82) is 0 Å². The Bertz CT molecular complexity index is 441. The lowest BCUT2D eigenvalue weighted by Crippen LogP contribution is -2.35. The fraction of sp³-hybridized carbons (Fsp3) is 0.462. The van der Waals surface area contributed by atoms with Gasteiger partial charge in [-0.05, 0) is 44.0 Å². The van der Waals surface area contributed by atoms with Gasteiger partial charge in [-0.3, -0.25) is 4.79 Å². The molecule has 0 atom stereocenters. The highest BCUT2D eigenvalue weighted by atomic mass is 16.3. The van der Waals surface area contributed by atoms with Gasteiger partial charge < -0.3 is 15.7 Å². The monoisotopic (exact) mass is 234 g/mol. The number of aliphatic hydroxyl groups excluding tert-OH is 1. The summed E-state index contributed by atoms with van der Waals surface area (Å²) >= 11 is 0. The predicted octanol–water partition coefficient (Wildman–Crippen LogP) is 1.75. The van der Waals surface area contributed by atoms with Crippen LogP contribution in [-0.2, 0) is 11.2 Å². The van der Waals surface area contributed by atoms with E-state index in [1.54, 1.807) is 0 Å². The minimum atomic E-state index is -0.341. The molecule has 0 spiro atoms. The van der Waals surface area contributed by atoms with Crippen LogP contribution in [0.3, 0.4) is 0 Å². The molecule has 1 aromatic rings. The highest BCUT2D eigenvalue weighted by molar-refractivity contribution is 5.94. The van der Waals surface area contributed by atoms with Crippen LogP contribution in [0, 0.1) is 0 Å². The van der Waals surface area contributed by atoms with Crippen molar-refractivity contribution in [3.63, 3.8) is 0 Å². The van der Waals surface area contributed by atoms with Crippen LogP contribution in [-0.4, -0.2) is 23.2 Å². The summed E-state index contributed by atoms with van der Waals surface area (Å²) < 4.78 is 0. The molecule has 0 aromatic heterocycles. The van der Waals surface area contributed by atoms with E-state index >= 15 is 0 Å². The minimum absolute atomic E-state index is 0.0703. The molecule has 0 fully saturated rings. The van der Waals surface area contributed by atoms with Gasteiger partial charge >= 0.3 is 0 Å². The molecule has 1 aliphatic heterocycles. The van der Waals surface area contributed by atoms with Gasteiger partial charge in [-0.1, -0.05) is 0 Å². The molecule has 0 saturated carbocycles. The number of benzene rings is 1. The Hall–Kier alpha value is -1.55. The SMILES string of the molecule is CC(C)(CO)Nc1ccc2c(c1)CCC(=O)N2. The van der Waals surface area contributed by atoms with Crippen molar-refractivity contribution in [2.24, 2.45) is 0 Å². The van der Waals surface area contributed by atoms with Gasteiger partial charge in [0.2, 0.25) is 5.91 Å². The Kier molecular flexibility index (Phi) is 3.07. The lowest BCUT2D eigenvalue weighted by atomic mass is 10.0. The second-order valence-electron chi connectivity index (χ2n) is 5.09. The van der Waals surface area contributed by atoms with Crippen molar-refractivity contribution in [2.75, 3.05) is 17.2 Å². The smallest absolute Gasteiger partial charge is 0.224 e. The Morgan fingerprint density at radius 2 is 2.18 bits per heavy atom. The first-order valence-electron chi connectivity index (χ1n) is 5.82. The van der Waals surface area contributed by atoms with Crippen LogP contribution in [0.15, 0.2) is 18.2 Å². The summed E-state index contributed by atoms with van der Waals surface area (Å²) in [7, 11) is 0. The van der Waals surface area contributed by atoms with Gasteiger partial charge in [-0.25, -0.2) is 0 Å². The average molecular weight is 234 g/mol. The van der Waals surface area contributed by atoms with E-state index in [9.17, 15) is 9.90 Å². The number of nitrogens with one attached hydrogen (secondary N) is 2. The van der Waals surface area contributed by atoms with Crippen LogP contribution >= 0.6 is 0 Å². The Morgan fingerprint density at radius 3 is 2.88 bits per heavy atom. The molecule has 4 nitrogen and oxygen atoms in total. The number of aliphatic hydroxyl groups is 1. The standard InChI is InChI=1S/C13H18N2O2/c1-13(2,8-16)15-10-4-5-11-9(7-10)3-6-12(17)14-11/h4-5,7,15-16H,3,6,8H2,1-2H3,(H,14,17). The summed E-state index contributed by atoms with van der Waals surface area (Å²) in [4.78, 5) is 11.2. The van der Waals surface area contributed by atoms with Gasteiger partial charge in [-0.2, -0.15) is 0 Å². The Morgan fingerprint density at radius 1 is 1.41 bits per heavy atom. The van der Waals surface area contributed by atoms with E-state index in [2.05, 4.69) is 10.6 Å². The lowest BCUT2D eigenvalue weighted by Gasteiger charge is -2.26. The highest BCUT2D eigenvalue weighted by Gasteiger charge is 2.18. The number of hydrogen-bond donors (Lipinski definition) is 3. The molecule has 1 heterocycles. The number of rotatable bonds is 3. The number of carbonyl (C=O) groups is 1. The molecule has 0 unspecified atom stereocenters. The zero-order valence-electron chi connectivity index (χ0n) is 10.2. The molecular formula is C13H18N2O2. The van der Waals surface area contributed by atoms with E-state index < -0.39 is 0 Å². The first-order chi connectivity index (χ1) is 8.00. The molecule has 1 amide bonds. The molecule has 2 rings (SSSR count). The summed E-state index contributed by atoms with van der Waals surface area (Å²) in [6, 6.07) is 5.86. The van der Waals surface area contributed by atoms with Gasteiger partial charge in [0.25, 0.3) is 0 Å². The third-order valence-electron chi connectivity index (χ3n) is 2.88. The third kappa shape index (κ3) is 2.77. The summed E-state index contributed by atoms with van der Waals surface area (Å²) in [5, 5.41) is 15.3. The number of hydrogen-bond acceptors (Lipinski definition) is 3. The molecule has 0 bridgehead atoms. The maximum absolute atomic E-state index is 11.2. The molecule has 1 aromatic carbocycles. The van der Waals surface area contributed by atoms with Crippen LogP contribution in [0.25, 0.3) is 0 Å². The fourth-order valence-corrected chi connectivity index (χ4v) is 1.89. The summed E-state index contributed by atoms with van der Waals surface area (Å²) in [5.74, 6) is 0.0777. The molecular weight excluding hydrogens is 216 g/mol. The summed E-state index contributed by atoms with van der Waals surface area (Å²) in [6.45, 7) is 3.95. The van der Waals surface area contributed by atoms with Gasteiger partial charge in [0.1, 0.15) is 0 Å². The lowest BCUT2D eigenvalue weighted by molar-refractivity contribution is -0.116. The molecule has 0 aliphatic carbocycles. The molecule has 1 aliphatic rings. The van der Waals surface area contributed by atoms with Crippen LogP contribution in [0.5, 0.6) is 0 Å². The Balaban J connectivity index is 2.19. The third-order valence-corrected chi connectivity index (χ3v) is 2.88. The fourth-order valence-electron chi connectivity index (χ4n) is 1.89. The minimum Gasteiger partial charge on any atom is -0.394 e. The number of fused-ring (bicyclic) bond motifs is 1. The van der Waals surface area contributed by atoms with Gasteiger partial charge in [0.05, 0.1) is 12.1 Å². The maximum Gasteiger partial charge on any atom is 0.224 e. The molecule has 3 N–H and O–H groups in total. The van der Waals surface area contributed by atoms with Crippen molar-refractivity contribution in [3.05, 3.63) is 23.8 Å². The molecule has 92 valence electrons. The quantitative estimate of drug-likeness (QED) is 0.746.